The largest absolute Gasteiger partial charge is 0.444 e. The van der Waals surface area contributed by atoms with Crippen LogP contribution < -0.4 is 15.5 Å². The summed E-state index contributed by atoms with van der Waals surface area (Å²) in [5.41, 5.74) is 3.57. The predicted molar refractivity (Wildman–Crippen MR) is 126 cm³/mol. The molecule has 1 amide bonds. The number of oxazole rings is 1. The molecule has 8 heteroatoms. The number of carbonyl (C=O) groups excluding carboxylic acids is 1. The maximum atomic E-state index is 13.1. The van der Waals surface area contributed by atoms with Crippen LogP contribution in [0.3, 0.4) is 0 Å². The summed E-state index contributed by atoms with van der Waals surface area (Å²) in [4.78, 5) is 22.9. The highest BCUT2D eigenvalue weighted by Crippen LogP contribution is 2.22. The van der Waals surface area contributed by atoms with Crippen molar-refractivity contribution in [2.75, 3.05) is 24.5 Å². The fraction of sp³-hybridized carbons (Fsp3) is 0.320. The van der Waals surface area contributed by atoms with Gasteiger partial charge in [0.05, 0.1) is 12.2 Å². The lowest BCUT2D eigenvalue weighted by Gasteiger charge is -2.15. The first-order chi connectivity index (χ1) is 16.1. The van der Waals surface area contributed by atoms with Crippen molar-refractivity contribution in [2.45, 2.75) is 32.7 Å². The Kier molecular flexibility index (Phi) is 7.34. The van der Waals surface area contributed by atoms with Crippen molar-refractivity contribution < 1.29 is 13.6 Å². The van der Waals surface area contributed by atoms with Crippen LogP contribution in [0.25, 0.3) is 11.5 Å². The Bertz CT molecular complexity index is 1090. The van der Waals surface area contributed by atoms with Gasteiger partial charge in [-0.05, 0) is 55.3 Å². The zero-order valence-electron chi connectivity index (χ0n) is 18.7. The summed E-state index contributed by atoms with van der Waals surface area (Å²) >= 11 is 0. The first-order valence-corrected chi connectivity index (χ1v) is 11.2. The molecule has 1 aliphatic rings. The van der Waals surface area contributed by atoms with Gasteiger partial charge in [0.15, 0.2) is 5.96 Å². The Balaban J connectivity index is 1.29. The van der Waals surface area contributed by atoms with Crippen LogP contribution in [-0.4, -0.2) is 36.5 Å². The van der Waals surface area contributed by atoms with E-state index in [0.717, 1.165) is 48.0 Å². The van der Waals surface area contributed by atoms with Crippen LogP contribution in [0, 0.1) is 5.82 Å². The first kappa shape index (κ1) is 22.5. The molecule has 1 fully saturated rings. The van der Waals surface area contributed by atoms with Gasteiger partial charge in [0.25, 0.3) is 0 Å². The van der Waals surface area contributed by atoms with Crippen molar-refractivity contribution in [3.05, 3.63) is 71.9 Å². The SMILES string of the molecule is CCNC(=NCc1ccc(N2CCCC2=O)cc1)NCCc1coc(-c2ccc(F)cc2)n1. The van der Waals surface area contributed by atoms with Crippen LogP contribution in [0.4, 0.5) is 10.1 Å². The van der Waals surface area contributed by atoms with E-state index in [-0.39, 0.29) is 11.7 Å². The third-order valence-corrected chi connectivity index (χ3v) is 5.40. The Morgan fingerprint density at radius 2 is 1.94 bits per heavy atom. The van der Waals surface area contributed by atoms with Crippen LogP contribution in [0.2, 0.25) is 0 Å². The molecule has 2 aromatic carbocycles. The number of guanidine groups is 1. The molecule has 0 unspecified atom stereocenters. The Labute approximate surface area is 192 Å². The topological polar surface area (TPSA) is 82.8 Å². The second kappa shape index (κ2) is 10.8. The van der Waals surface area contributed by atoms with Gasteiger partial charge in [0.1, 0.15) is 12.1 Å². The van der Waals surface area contributed by atoms with E-state index in [1.165, 1.54) is 12.1 Å². The van der Waals surface area contributed by atoms with Gasteiger partial charge in [-0.3, -0.25) is 4.79 Å². The minimum absolute atomic E-state index is 0.191. The van der Waals surface area contributed by atoms with E-state index < -0.39 is 0 Å². The quantitative estimate of drug-likeness (QED) is 0.403. The Morgan fingerprint density at radius 1 is 1.15 bits per heavy atom. The molecule has 0 atom stereocenters. The zero-order valence-corrected chi connectivity index (χ0v) is 18.7. The number of aromatic nitrogens is 1. The summed E-state index contributed by atoms with van der Waals surface area (Å²) in [7, 11) is 0. The molecular formula is C25H28FN5O2. The van der Waals surface area contributed by atoms with E-state index in [2.05, 4.69) is 20.6 Å². The number of nitrogens with zero attached hydrogens (tertiary/aromatic N) is 3. The molecule has 1 aromatic heterocycles. The molecule has 0 saturated carbocycles. The summed E-state index contributed by atoms with van der Waals surface area (Å²) in [6.45, 7) is 4.73. The summed E-state index contributed by atoms with van der Waals surface area (Å²) in [6.07, 6.45) is 3.83. The average molecular weight is 450 g/mol. The van der Waals surface area contributed by atoms with E-state index in [4.69, 9.17) is 4.42 Å². The van der Waals surface area contributed by atoms with E-state index in [0.29, 0.717) is 31.8 Å². The number of amides is 1. The summed E-state index contributed by atoms with van der Waals surface area (Å²) in [5.74, 6) is 1.10. The number of nitrogens with one attached hydrogen (secondary N) is 2. The van der Waals surface area contributed by atoms with Crippen LogP contribution in [-0.2, 0) is 17.8 Å². The monoisotopic (exact) mass is 449 g/mol. The van der Waals surface area contributed by atoms with Gasteiger partial charge in [-0.1, -0.05) is 12.1 Å². The molecule has 0 radical (unpaired) electrons. The molecule has 172 valence electrons. The second-order valence-electron chi connectivity index (χ2n) is 7.84. The van der Waals surface area contributed by atoms with Crippen molar-refractivity contribution >= 4 is 17.6 Å². The highest BCUT2D eigenvalue weighted by molar-refractivity contribution is 5.95. The molecule has 0 bridgehead atoms. The van der Waals surface area contributed by atoms with Crippen molar-refractivity contribution in [2.24, 2.45) is 4.99 Å². The number of carbonyl (C=O) groups is 1. The van der Waals surface area contributed by atoms with Gasteiger partial charge in [-0.15, -0.1) is 0 Å². The van der Waals surface area contributed by atoms with Gasteiger partial charge in [0, 0.05) is 43.7 Å². The fourth-order valence-electron chi connectivity index (χ4n) is 3.67. The van der Waals surface area contributed by atoms with Crippen LogP contribution in [0.5, 0.6) is 0 Å². The van der Waals surface area contributed by atoms with E-state index in [1.54, 1.807) is 18.4 Å². The predicted octanol–water partition coefficient (Wildman–Crippen LogP) is 3.91. The van der Waals surface area contributed by atoms with Crippen LogP contribution in [0.15, 0.2) is 64.2 Å². The standard InChI is InChI=1S/C25H28FN5O2/c1-2-27-25(29-16-18-5-11-22(12-6-18)31-15-3-4-23(31)32)28-14-13-21-17-33-24(30-21)19-7-9-20(26)10-8-19/h5-12,17H,2-4,13-16H2,1H3,(H2,27,28,29). The molecule has 7 nitrogen and oxygen atoms in total. The van der Waals surface area contributed by atoms with Gasteiger partial charge < -0.3 is 20.0 Å². The van der Waals surface area contributed by atoms with E-state index in [9.17, 15) is 9.18 Å². The van der Waals surface area contributed by atoms with Crippen molar-refractivity contribution in [3.63, 3.8) is 0 Å². The molecule has 4 rings (SSSR count). The summed E-state index contributed by atoms with van der Waals surface area (Å²) in [6, 6.07) is 14.1. The number of anilines is 1. The molecule has 0 spiro atoms. The summed E-state index contributed by atoms with van der Waals surface area (Å²) < 4.78 is 18.6. The third-order valence-electron chi connectivity index (χ3n) is 5.40. The maximum absolute atomic E-state index is 13.1. The number of benzene rings is 2. The first-order valence-electron chi connectivity index (χ1n) is 11.2. The second-order valence-corrected chi connectivity index (χ2v) is 7.84. The average Bonchev–Trinajstić information content (AvgIpc) is 3.47. The van der Waals surface area contributed by atoms with E-state index in [1.807, 2.05) is 36.1 Å². The molecular weight excluding hydrogens is 421 g/mol. The maximum Gasteiger partial charge on any atom is 0.227 e. The summed E-state index contributed by atoms with van der Waals surface area (Å²) in [5, 5.41) is 6.56. The lowest BCUT2D eigenvalue weighted by atomic mass is 10.2. The van der Waals surface area contributed by atoms with Gasteiger partial charge in [0.2, 0.25) is 11.8 Å². The molecule has 1 aliphatic heterocycles. The zero-order chi connectivity index (χ0) is 23.0. The number of hydrogen-bond donors (Lipinski definition) is 2. The Morgan fingerprint density at radius 3 is 2.64 bits per heavy atom. The number of hydrogen-bond acceptors (Lipinski definition) is 4. The van der Waals surface area contributed by atoms with Gasteiger partial charge >= 0.3 is 0 Å². The highest BCUT2D eigenvalue weighted by atomic mass is 19.1. The lowest BCUT2D eigenvalue weighted by molar-refractivity contribution is -0.117. The van der Waals surface area contributed by atoms with Gasteiger partial charge in [-0.25, -0.2) is 14.4 Å². The van der Waals surface area contributed by atoms with Crippen molar-refractivity contribution in [1.29, 1.82) is 0 Å². The van der Waals surface area contributed by atoms with E-state index >= 15 is 0 Å². The number of aliphatic imine (C=N–C) groups is 1. The Hall–Kier alpha value is -3.68. The van der Waals surface area contributed by atoms with Crippen molar-refractivity contribution in [1.82, 2.24) is 15.6 Å². The third kappa shape index (κ3) is 5.97. The van der Waals surface area contributed by atoms with Gasteiger partial charge in [-0.2, -0.15) is 0 Å². The lowest BCUT2D eigenvalue weighted by Crippen LogP contribution is -2.38. The highest BCUT2D eigenvalue weighted by Gasteiger charge is 2.21. The number of halogens is 1. The molecule has 2 N–H and O–H groups in total. The molecule has 33 heavy (non-hydrogen) atoms. The van der Waals surface area contributed by atoms with Crippen molar-refractivity contribution in [3.8, 4) is 11.5 Å². The minimum atomic E-state index is -0.289. The molecule has 0 aliphatic carbocycles. The normalized spacial score (nSPS) is 14.1. The molecule has 1 saturated heterocycles. The molecule has 3 aromatic rings. The smallest absolute Gasteiger partial charge is 0.227 e. The minimum Gasteiger partial charge on any atom is -0.444 e. The number of rotatable bonds is 8. The van der Waals surface area contributed by atoms with Crippen LogP contribution >= 0.6 is 0 Å². The fourth-order valence-corrected chi connectivity index (χ4v) is 3.67. The van der Waals surface area contributed by atoms with Crippen LogP contribution in [0.1, 0.15) is 31.0 Å². The molecule has 2 heterocycles.